The van der Waals surface area contributed by atoms with Crippen molar-refractivity contribution < 1.29 is 12.8 Å². The van der Waals surface area contributed by atoms with Crippen LogP contribution in [0.2, 0.25) is 0 Å². The molecule has 3 aliphatic rings. The Balaban J connectivity index is 1.59. The predicted molar refractivity (Wildman–Crippen MR) is 95.4 cm³/mol. The fraction of sp³-hybridized carbons (Fsp3) is 0.278. The second-order valence-corrected chi connectivity index (χ2v) is 8.11. The van der Waals surface area contributed by atoms with Gasteiger partial charge >= 0.3 is 0 Å². The van der Waals surface area contributed by atoms with Gasteiger partial charge in [-0.15, -0.1) is 0 Å². The molecule has 0 saturated carbocycles. The van der Waals surface area contributed by atoms with Gasteiger partial charge in [-0.3, -0.25) is 4.99 Å². The number of rotatable bonds is 3. The third-order valence-corrected chi connectivity index (χ3v) is 6.51. The van der Waals surface area contributed by atoms with Gasteiger partial charge < -0.3 is 5.32 Å². The van der Waals surface area contributed by atoms with Gasteiger partial charge in [-0.2, -0.15) is 4.31 Å². The molecule has 1 saturated heterocycles. The minimum absolute atomic E-state index is 0.199. The minimum atomic E-state index is -3.46. The molecular weight excluding hydrogens is 341 g/mol. The van der Waals surface area contributed by atoms with E-state index in [-0.39, 0.29) is 12.2 Å². The molecule has 130 valence electrons. The molecular formula is C18H18FN3O2S. The van der Waals surface area contributed by atoms with Crippen molar-refractivity contribution in [3.05, 3.63) is 59.6 Å². The molecule has 0 unspecified atom stereocenters. The van der Waals surface area contributed by atoms with Crippen LogP contribution >= 0.6 is 0 Å². The fourth-order valence-electron chi connectivity index (χ4n) is 3.23. The number of hydrogen-bond acceptors (Lipinski definition) is 4. The Hall–Kier alpha value is -2.09. The molecule has 5 nitrogen and oxygen atoms in total. The molecule has 0 radical (unpaired) electrons. The van der Waals surface area contributed by atoms with E-state index in [1.54, 1.807) is 36.5 Å². The number of fused-ring (bicyclic) bond motifs is 1. The molecule has 1 N–H and O–H groups in total. The van der Waals surface area contributed by atoms with E-state index in [9.17, 15) is 12.8 Å². The van der Waals surface area contributed by atoms with Crippen molar-refractivity contribution in [2.45, 2.75) is 11.3 Å². The van der Waals surface area contributed by atoms with E-state index in [1.807, 2.05) is 0 Å². The highest BCUT2D eigenvalue weighted by molar-refractivity contribution is 7.89. The van der Waals surface area contributed by atoms with Crippen LogP contribution in [0, 0.1) is 0 Å². The zero-order chi connectivity index (χ0) is 17.4. The summed E-state index contributed by atoms with van der Waals surface area (Å²) in [5, 5.41) is 3.15. The van der Waals surface area contributed by atoms with Crippen molar-refractivity contribution in [2.24, 2.45) is 4.99 Å². The Labute approximate surface area is 146 Å². The number of aliphatic imine (C=N–C) groups is 1. The van der Waals surface area contributed by atoms with E-state index in [0.29, 0.717) is 36.8 Å². The summed E-state index contributed by atoms with van der Waals surface area (Å²) in [6, 6.07) is 6.83. The maximum Gasteiger partial charge on any atom is 0.243 e. The number of halogens is 1. The van der Waals surface area contributed by atoms with Gasteiger partial charge in [0.15, 0.2) is 0 Å². The second-order valence-electron chi connectivity index (χ2n) is 6.17. The molecule has 4 rings (SSSR count). The Morgan fingerprint density at radius 1 is 1.04 bits per heavy atom. The number of hydrogen-bond donors (Lipinski definition) is 1. The molecule has 0 bridgehead atoms. The van der Waals surface area contributed by atoms with E-state index < -0.39 is 10.0 Å². The predicted octanol–water partition coefficient (Wildman–Crippen LogP) is 2.26. The molecule has 2 heterocycles. The molecule has 1 aliphatic carbocycles. The van der Waals surface area contributed by atoms with Crippen molar-refractivity contribution in [2.75, 3.05) is 26.2 Å². The van der Waals surface area contributed by atoms with Crippen LogP contribution in [-0.2, 0) is 10.0 Å². The lowest BCUT2D eigenvalue weighted by Crippen LogP contribution is -2.46. The monoisotopic (exact) mass is 359 g/mol. The lowest BCUT2D eigenvalue weighted by molar-refractivity contribution is 0.360. The summed E-state index contributed by atoms with van der Waals surface area (Å²) in [6.45, 7) is 2.31. The number of benzene rings is 1. The van der Waals surface area contributed by atoms with E-state index in [2.05, 4.69) is 10.3 Å². The first-order valence-corrected chi connectivity index (χ1v) is 9.65. The van der Waals surface area contributed by atoms with Crippen molar-refractivity contribution in [3.8, 4) is 0 Å². The van der Waals surface area contributed by atoms with Crippen molar-refractivity contribution in [3.63, 3.8) is 0 Å². The van der Waals surface area contributed by atoms with Crippen LogP contribution in [0.5, 0.6) is 0 Å². The third kappa shape index (κ3) is 2.99. The highest BCUT2D eigenvalue weighted by atomic mass is 32.2. The van der Waals surface area contributed by atoms with Crippen molar-refractivity contribution in [1.82, 2.24) is 9.62 Å². The summed E-state index contributed by atoms with van der Waals surface area (Å²) in [4.78, 5) is 4.58. The zero-order valence-corrected chi connectivity index (χ0v) is 14.4. The van der Waals surface area contributed by atoms with E-state index in [4.69, 9.17) is 0 Å². The number of nitrogens with zero attached hydrogens (tertiary/aromatic N) is 2. The minimum Gasteiger partial charge on any atom is -0.314 e. The normalized spacial score (nSPS) is 21.2. The van der Waals surface area contributed by atoms with Gasteiger partial charge in [-0.05, 0) is 29.8 Å². The summed E-state index contributed by atoms with van der Waals surface area (Å²) in [5.74, 6) is -0.199. The molecule has 1 aromatic carbocycles. The molecule has 1 fully saturated rings. The van der Waals surface area contributed by atoms with Gasteiger partial charge in [0.1, 0.15) is 5.83 Å². The standard InChI is InChI=1S/C18H18FN3O2S/c19-14-3-6-16-17(12-21-18(16)11-14)13-1-4-15(5-2-13)25(23,24)22-9-7-20-8-10-22/h1-6,12,20H,7-11H2. The quantitative estimate of drug-likeness (QED) is 0.901. The van der Waals surface area contributed by atoms with Crippen LogP contribution in [0.15, 0.2) is 63.9 Å². The Morgan fingerprint density at radius 3 is 2.48 bits per heavy atom. The lowest BCUT2D eigenvalue weighted by atomic mass is 9.93. The van der Waals surface area contributed by atoms with Crippen LogP contribution in [-0.4, -0.2) is 44.6 Å². The maximum absolute atomic E-state index is 13.3. The highest BCUT2D eigenvalue weighted by Crippen LogP contribution is 2.34. The number of allylic oxidation sites excluding steroid dienone is 5. The van der Waals surface area contributed by atoms with E-state index >= 15 is 0 Å². The fourth-order valence-corrected chi connectivity index (χ4v) is 4.67. The summed E-state index contributed by atoms with van der Waals surface area (Å²) in [5.41, 5.74) is 3.39. The summed E-state index contributed by atoms with van der Waals surface area (Å²) in [7, 11) is -3.46. The summed E-state index contributed by atoms with van der Waals surface area (Å²) >= 11 is 0. The van der Waals surface area contributed by atoms with E-state index in [0.717, 1.165) is 16.7 Å². The molecule has 0 aromatic heterocycles. The summed E-state index contributed by atoms with van der Waals surface area (Å²) in [6.07, 6.45) is 5.10. The molecule has 25 heavy (non-hydrogen) atoms. The van der Waals surface area contributed by atoms with Gasteiger partial charge in [0.2, 0.25) is 10.0 Å². The first kappa shape index (κ1) is 16.4. The van der Waals surface area contributed by atoms with Crippen LogP contribution < -0.4 is 5.32 Å². The number of nitrogens with one attached hydrogen (secondary N) is 1. The van der Waals surface area contributed by atoms with Gasteiger partial charge in [-0.1, -0.05) is 12.1 Å². The molecule has 1 aromatic rings. The lowest BCUT2D eigenvalue weighted by Gasteiger charge is -2.26. The SMILES string of the molecule is O=S(=O)(c1ccc(C2=CN=C3CC(F)=CC=C23)cc1)N1CCNCC1. The average Bonchev–Trinajstić information content (AvgIpc) is 3.05. The van der Waals surface area contributed by atoms with Gasteiger partial charge in [0, 0.05) is 49.9 Å². The maximum atomic E-state index is 13.3. The zero-order valence-electron chi connectivity index (χ0n) is 13.6. The largest absolute Gasteiger partial charge is 0.314 e. The Bertz CT molecular complexity index is 922. The third-order valence-electron chi connectivity index (χ3n) is 4.60. The van der Waals surface area contributed by atoms with Crippen molar-refractivity contribution >= 4 is 21.3 Å². The first-order chi connectivity index (χ1) is 12.1. The molecule has 2 aliphatic heterocycles. The number of piperazine rings is 1. The molecule has 7 heteroatoms. The van der Waals surface area contributed by atoms with Crippen LogP contribution in [0.4, 0.5) is 4.39 Å². The first-order valence-electron chi connectivity index (χ1n) is 8.21. The Kier molecular flexibility index (Phi) is 4.15. The van der Waals surface area contributed by atoms with Crippen LogP contribution in [0.3, 0.4) is 0 Å². The van der Waals surface area contributed by atoms with Crippen LogP contribution in [0.25, 0.3) is 5.57 Å². The molecule has 0 spiro atoms. The van der Waals surface area contributed by atoms with Gasteiger partial charge in [-0.25, -0.2) is 12.8 Å². The average molecular weight is 359 g/mol. The second kappa shape index (κ2) is 6.33. The molecule has 0 atom stereocenters. The Morgan fingerprint density at radius 2 is 1.76 bits per heavy atom. The van der Waals surface area contributed by atoms with Crippen LogP contribution in [0.1, 0.15) is 12.0 Å². The van der Waals surface area contributed by atoms with Gasteiger partial charge in [0.25, 0.3) is 0 Å². The van der Waals surface area contributed by atoms with Gasteiger partial charge in [0.05, 0.1) is 10.6 Å². The number of sulfonamides is 1. The van der Waals surface area contributed by atoms with Crippen molar-refractivity contribution in [1.29, 1.82) is 0 Å². The topological polar surface area (TPSA) is 61.8 Å². The van der Waals surface area contributed by atoms with E-state index in [1.165, 1.54) is 10.4 Å². The smallest absolute Gasteiger partial charge is 0.243 e. The summed E-state index contributed by atoms with van der Waals surface area (Å²) < 4.78 is 40.2. The molecule has 0 amide bonds. The highest BCUT2D eigenvalue weighted by Gasteiger charge is 2.27.